The van der Waals surface area contributed by atoms with Crippen LogP contribution in [0, 0.1) is 0 Å². The molecule has 0 aromatic heterocycles. The van der Waals surface area contributed by atoms with E-state index in [9.17, 15) is 0 Å². The molecule has 0 aliphatic heterocycles. The Morgan fingerprint density at radius 3 is 2.44 bits per heavy atom. The molecule has 0 amide bonds. The monoisotopic (exact) mass is 219 g/mol. The van der Waals surface area contributed by atoms with Gasteiger partial charge in [0.05, 0.1) is 0 Å². The van der Waals surface area contributed by atoms with Gasteiger partial charge in [0.1, 0.15) is 11.9 Å². The predicted octanol–water partition coefficient (Wildman–Crippen LogP) is 3.31. The third-order valence-electron chi connectivity index (χ3n) is 2.54. The molecule has 0 aliphatic rings. The zero-order valence-electron chi connectivity index (χ0n) is 10.4. The van der Waals surface area contributed by atoms with Crippen LogP contribution in [-0.4, -0.2) is 12.6 Å². The number of hydrogen-bond donors (Lipinski definition) is 1. The summed E-state index contributed by atoms with van der Waals surface area (Å²) in [6, 6.07) is 8.58. The van der Waals surface area contributed by atoms with Crippen molar-refractivity contribution in [3.8, 4) is 5.75 Å². The highest BCUT2D eigenvalue weighted by molar-refractivity contribution is 5.29. The molecule has 1 aromatic rings. The topological polar surface area (TPSA) is 21.3 Å². The largest absolute Gasteiger partial charge is 0.487 e. The van der Waals surface area contributed by atoms with Crippen LogP contribution in [0.25, 0.3) is 0 Å². The van der Waals surface area contributed by atoms with Gasteiger partial charge in [-0.2, -0.15) is 0 Å². The summed E-state index contributed by atoms with van der Waals surface area (Å²) in [7, 11) is 0. The first-order chi connectivity index (χ1) is 7.67. The Morgan fingerprint density at radius 2 is 1.94 bits per heavy atom. The Morgan fingerprint density at radius 1 is 1.31 bits per heavy atom. The summed E-state index contributed by atoms with van der Waals surface area (Å²) in [5.41, 5.74) is 1.28. The van der Waals surface area contributed by atoms with Crippen molar-refractivity contribution < 1.29 is 4.74 Å². The van der Waals surface area contributed by atoms with E-state index in [4.69, 9.17) is 4.74 Å². The Labute approximate surface area is 98.3 Å². The Balaban J connectivity index is 2.63. The highest BCUT2D eigenvalue weighted by Crippen LogP contribution is 2.18. The van der Waals surface area contributed by atoms with E-state index in [0.29, 0.717) is 6.04 Å². The highest BCUT2D eigenvalue weighted by atomic mass is 16.5. The maximum absolute atomic E-state index is 5.62. The molecule has 1 N–H and O–H groups in total. The first-order valence-electron chi connectivity index (χ1n) is 5.80. The van der Waals surface area contributed by atoms with Gasteiger partial charge in [-0.15, -0.1) is 0 Å². The predicted molar refractivity (Wildman–Crippen MR) is 68.8 cm³/mol. The molecule has 16 heavy (non-hydrogen) atoms. The van der Waals surface area contributed by atoms with Crippen LogP contribution in [0.4, 0.5) is 0 Å². The van der Waals surface area contributed by atoms with Crippen molar-refractivity contribution in [1.82, 2.24) is 5.32 Å². The fourth-order valence-electron chi connectivity index (χ4n) is 1.52. The first-order valence-corrected chi connectivity index (χ1v) is 5.80. The van der Waals surface area contributed by atoms with Crippen molar-refractivity contribution in [2.75, 3.05) is 6.54 Å². The summed E-state index contributed by atoms with van der Waals surface area (Å²) < 4.78 is 5.62. The molecule has 2 nitrogen and oxygen atoms in total. The summed E-state index contributed by atoms with van der Waals surface area (Å²) in [5, 5.41) is 3.38. The average molecular weight is 219 g/mol. The zero-order chi connectivity index (χ0) is 12.0. The summed E-state index contributed by atoms with van der Waals surface area (Å²) in [6.45, 7) is 10.9. The van der Waals surface area contributed by atoms with Crippen LogP contribution < -0.4 is 10.1 Å². The minimum atomic E-state index is 0.0528. The molecule has 2 unspecified atom stereocenters. The van der Waals surface area contributed by atoms with E-state index in [2.05, 4.69) is 37.9 Å². The molecule has 0 fully saturated rings. The molecule has 0 radical (unpaired) electrons. The molecule has 2 heteroatoms. The molecular formula is C14H21NO. The Bertz CT molecular complexity index is 318. The van der Waals surface area contributed by atoms with Gasteiger partial charge in [-0.25, -0.2) is 0 Å². The maximum atomic E-state index is 5.62. The second-order valence-electron chi connectivity index (χ2n) is 3.91. The van der Waals surface area contributed by atoms with Crippen molar-refractivity contribution in [2.45, 2.75) is 32.9 Å². The molecule has 0 saturated carbocycles. The van der Waals surface area contributed by atoms with Crippen molar-refractivity contribution in [2.24, 2.45) is 0 Å². The summed E-state index contributed by atoms with van der Waals surface area (Å²) in [6.07, 6.45) is 1.84. The lowest BCUT2D eigenvalue weighted by Gasteiger charge is -2.14. The number of benzene rings is 1. The Kier molecular flexibility index (Phi) is 5.06. The van der Waals surface area contributed by atoms with Crippen molar-refractivity contribution in [3.05, 3.63) is 42.5 Å². The number of hydrogen-bond acceptors (Lipinski definition) is 2. The van der Waals surface area contributed by atoms with Gasteiger partial charge in [0.25, 0.3) is 0 Å². The van der Waals surface area contributed by atoms with Gasteiger partial charge < -0.3 is 10.1 Å². The molecule has 0 spiro atoms. The van der Waals surface area contributed by atoms with Crippen LogP contribution in [0.5, 0.6) is 5.75 Å². The van der Waals surface area contributed by atoms with E-state index in [0.717, 1.165) is 12.3 Å². The SMILES string of the molecule is C=CC(C)Oc1ccc(C(C)NCC)cc1. The zero-order valence-corrected chi connectivity index (χ0v) is 10.4. The van der Waals surface area contributed by atoms with E-state index in [-0.39, 0.29) is 6.10 Å². The second-order valence-corrected chi connectivity index (χ2v) is 3.91. The van der Waals surface area contributed by atoms with Gasteiger partial charge in [-0.1, -0.05) is 31.7 Å². The minimum absolute atomic E-state index is 0.0528. The lowest BCUT2D eigenvalue weighted by atomic mass is 10.1. The molecule has 1 rings (SSSR count). The van der Waals surface area contributed by atoms with Crippen molar-refractivity contribution in [1.29, 1.82) is 0 Å². The fourth-order valence-corrected chi connectivity index (χ4v) is 1.52. The van der Waals surface area contributed by atoms with E-state index < -0.39 is 0 Å². The average Bonchev–Trinajstić information content (AvgIpc) is 2.30. The van der Waals surface area contributed by atoms with Gasteiger partial charge in [0.2, 0.25) is 0 Å². The molecule has 0 aliphatic carbocycles. The minimum Gasteiger partial charge on any atom is -0.487 e. The van der Waals surface area contributed by atoms with Crippen LogP contribution in [0.15, 0.2) is 36.9 Å². The molecular weight excluding hydrogens is 198 g/mol. The van der Waals surface area contributed by atoms with Crippen LogP contribution in [-0.2, 0) is 0 Å². The van der Waals surface area contributed by atoms with Crippen molar-refractivity contribution in [3.63, 3.8) is 0 Å². The summed E-state index contributed by atoms with van der Waals surface area (Å²) in [4.78, 5) is 0. The third-order valence-corrected chi connectivity index (χ3v) is 2.54. The molecule has 0 saturated heterocycles. The number of ether oxygens (including phenoxy) is 1. The summed E-state index contributed by atoms with van der Waals surface area (Å²) in [5.74, 6) is 0.889. The van der Waals surface area contributed by atoms with Crippen LogP contribution >= 0.6 is 0 Å². The van der Waals surface area contributed by atoms with Gasteiger partial charge in [0.15, 0.2) is 0 Å². The van der Waals surface area contributed by atoms with Crippen LogP contribution in [0.2, 0.25) is 0 Å². The molecule has 88 valence electrons. The number of nitrogens with one attached hydrogen (secondary N) is 1. The summed E-state index contributed by atoms with van der Waals surface area (Å²) >= 11 is 0. The molecule has 2 atom stereocenters. The van der Waals surface area contributed by atoms with Gasteiger partial charge in [-0.05, 0) is 38.1 Å². The molecule has 1 aromatic carbocycles. The fraction of sp³-hybridized carbons (Fsp3) is 0.429. The van der Waals surface area contributed by atoms with Gasteiger partial charge >= 0.3 is 0 Å². The van der Waals surface area contributed by atoms with Gasteiger partial charge in [0, 0.05) is 6.04 Å². The quantitative estimate of drug-likeness (QED) is 0.741. The normalized spacial score (nSPS) is 14.2. The smallest absolute Gasteiger partial charge is 0.120 e. The van der Waals surface area contributed by atoms with Crippen LogP contribution in [0.1, 0.15) is 32.4 Å². The molecule has 0 bridgehead atoms. The Hall–Kier alpha value is -1.28. The third kappa shape index (κ3) is 3.70. The molecule has 0 heterocycles. The lowest BCUT2D eigenvalue weighted by molar-refractivity contribution is 0.270. The highest BCUT2D eigenvalue weighted by Gasteiger charge is 2.04. The standard InChI is InChI=1S/C14H21NO/c1-5-11(3)16-14-9-7-13(8-10-14)12(4)15-6-2/h5,7-12,15H,1,6H2,2-4H3. The van der Waals surface area contributed by atoms with E-state index in [1.165, 1.54) is 5.56 Å². The van der Waals surface area contributed by atoms with E-state index in [1.807, 2.05) is 19.1 Å². The number of rotatable bonds is 6. The lowest BCUT2D eigenvalue weighted by Crippen LogP contribution is -2.17. The van der Waals surface area contributed by atoms with E-state index >= 15 is 0 Å². The maximum Gasteiger partial charge on any atom is 0.120 e. The van der Waals surface area contributed by atoms with Crippen LogP contribution in [0.3, 0.4) is 0 Å². The first kappa shape index (κ1) is 12.8. The van der Waals surface area contributed by atoms with Crippen molar-refractivity contribution >= 4 is 0 Å². The van der Waals surface area contributed by atoms with Gasteiger partial charge in [-0.3, -0.25) is 0 Å². The van der Waals surface area contributed by atoms with E-state index in [1.54, 1.807) is 6.08 Å². The second kappa shape index (κ2) is 6.33.